The molecule has 196 valence electrons. The highest BCUT2D eigenvalue weighted by atomic mass is 19.1. The van der Waals surface area contributed by atoms with Gasteiger partial charge < -0.3 is 24.8 Å². The van der Waals surface area contributed by atoms with Crippen LogP contribution in [0.3, 0.4) is 0 Å². The number of hydrogen-bond acceptors (Lipinski definition) is 5. The fraction of sp³-hybridized carbons (Fsp3) is 0.538. The van der Waals surface area contributed by atoms with E-state index in [0.717, 1.165) is 5.56 Å². The molecule has 0 fully saturated rings. The van der Waals surface area contributed by atoms with E-state index in [4.69, 9.17) is 4.74 Å². The van der Waals surface area contributed by atoms with Crippen molar-refractivity contribution < 1.29 is 23.5 Å². The monoisotopic (exact) mass is 501 g/mol. The molecule has 1 aromatic heterocycles. The Morgan fingerprint density at radius 3 is 2.33 bits per heavy atom. The summed E-state index contributed by atoms with van der Waals surface area (Å²) >= 11 is 0. The van der Waals surface area contributed by atoms with Crippen molar-refractivity contribution in [1.29, 1.82) is 0 Å². The first-order valence-corrected chi connectivity index (χ1v) is 12.1. The van der Waals surface area contributed by atoms with Crippen molar-refractivity contribution in [2.24, 2.45) is 5.41 Å². The van der Waals surface area contributed by atoms with E-state index >= 15 is 0 Å². The van der Waals surface area contributed by atoms with E-state index < -0.39 is 41.6 Å². The number of nitrogens with zero attached hydrogens (tertiary/aromatic N) is 3. The van der Waals surface area contributed by atoms with Crippen LogP contribution in [0.4, 0.5) is 9.18 Å². The van der Waals surface area contributed by atoms with Gasteiger partial charge in [-0.15, -0.1) is 0 Å². The minimum absolute atomic E-state index is 0.131. The molecule has 0 aliphatic carbocycles. The van der Waals surface area contributed by atoms with Crippen LogP contribution in [0.25, 0.3) is 11.4 Å². The molecule has 3 amide bonds. The first-order valence-electron chi connectivity index (χ1n) is 12.1. The number of carbonyl (C=O) groups is 3. The highest BCUT2D eigenvalue weighted by Crippen LogP contribution is 2.28. The third-order valence-electron chi connectivity index (χ3n) is 5.70. The zero-order valence-corrected chi connectivity index (χ0v) is 21.9. The summed E-state index contributed by atoms with van der Waals surface area (Å²) in [5, 5.41) is 5.30. The Kier molecular flexibility index (Phi) is 8.05. The Labute approximate surface area is 211 Å². The molecule has 1 aliphatic rings. The molecule has 10 heteroatoms. The van der Waals surface area contributed by atoms with Crippen molar-refractivity contribution in [3.05, 3.63) is 41.7 Å². The lowest BCUT2D eigenvalue weighted by Crippen LogP contribution is -2.54. The number of amides is 3. The van der Waals surface area contributed by atoms with Gasteiger partial charge in [-0.25, -0.2) is 14.2 Å². The SMILES string of the molecule is CC(C)(C)OC(=O)N1CCn2c(-c3ccccc3)nc(C(=O)N[C@H](C(=O)NCCF)C(C)(C)C)c2C1. The fourth-order valence-electron chi connectivity index (χ4n) is 3.99. The summed E-state index contributed by atoms with van der Waals surface area (Å²) in [7, 11) is 0. The Balaban J connectivity index is 1.98. The lowest BCUT2D eigenvalue weighted by atomic mass is 9.86. The first-order chi connectivity index (χ1) is 16.8. The normalized spacial score (nSPS) is 14.6. The molecule has 0 saturated carbocycles. The van der Waals surface area contributed by atoms with Gasteiger partial charge in [0.05, 0.1) is 12.2 Å². The summed E-state index contributed by atoms with van der Waals surface area (Å²) < 4.78 is 20.1. The van der Waals surface area contributed by atoms with Gasteiger partial charge in [0, 0.05) is 25.2 Å². The third kappa shape index (κ3) is 6.41. The zero-order valence-electron chi connectivity index (χ0n) is 21.9. The fourth-order valence-corrected chi connectivity index (χ4v) is 3.99. The van der Waals surface area contributed by atoms with Crippen molar-refractivity contribution >= 4 is 17.9 Å². The number of benzene rings is 1. The maximum Gasteiger partial charge on any atom is 0.410 e. The van der Waals surface area contributed by atoms with Crippen molar-refractivity contribution in [1.82, 2.24) is 25.1 Å². The number of fused-ring (bicyclic) bond motifs is 1. The molecule has 0 radical (unpaired) electrons. The van der Waals surface area contributed by atoms with E-state index in [1.54, 1.807) is 25.7 Å². The quantitative estimate of drug-likeness (QED) is 0.630. The van der Waals surface area contributed by atoms with Crippen LogP contribution >= 0.6 is 0 Å². The number of carbonyl (C=O) groups excluding carboxylic acids is 3. The van der Waals surface area contributed by atoms with Crippen LogP contribution in [0, 0.1) is 5.41 Å². The summed E-state index contributed by atoms with van der Waals surface area (Å²) in [5.41, 5.74) is 0.226. The topological polar surface area (TPSA) is 106 Å². The number of halogens is 1. The van der Waals surface area contributed by atoms with Gasteiger partial charge in [0.25, 0.3) is 5.91 Å². The van der Waals surface area contributed by atoms with Gasteiger partial charge >= 0.3 is 6.09 Å². The van der Waals surface area contributed by atoms with E-state index in [2.05, 4.69) is 15.6 Å². The standard InChI is InChI=1S/C26H36FN5O4/c1-25(2,3)20(23(34)28-13-12-27)30-22(33)19-18-16-31(24(35)36-26(4,5)6)14-15-32(18)21(29-19)17-10-8-7-9-11-17/h7-11,20H,12-16H2,1-6H3,(H,28,34)(H,30,33)/t20-/m1/s1. The predicted molar refractivity (Wildman–Crippen MR) is 134 cm³/mol. The Hall–Kier alpha value is -3.43. The summed E-state index contributed by atoms with van der Waals surface area (Å²) in [5.74, 6) is -0.406. The van der Waals surface area contributed by atoms with E-state index in [9.17, 15) is 18.8 Å². The molecular weight excluding hydrogens is 465 g/mol. The molecule has 0 saturated heterocycles. The van der Waals surface area contributed by atoms with E-state index in [0.29, 0.717) is 24.6 Å². The van der Waals surface area contributed by atoms with Crippen LogP contribution in [0.15, 0.2) is 30.3 Å². The van der Waals surface area contributed by atoms with Gasteiger partial charge in [0.2, 0.25) is 5.91 Å². The van der Waals surface area contributed by atoms with Crippen LogP contribution in [0.1, 0.15) is 57.7 Å². The van der Waals surface area contributed by atoms with Gasteiger partial charge in [0.15, 0.2) is 5.69 Å². The summed E-state index contributed by atoms with van der Waals surface area (Å²) in [4.78, 5) is 45.2. The lowest BCUT2D eigenvalue weighted by molar-refractivity contribution is -0.125. The smallest absolute Gasteiger partial charge is 0.410 e. The van der Waals surface area contributed by atoms with Crippen LogP contribution in [-0.2, 0) is 22.6 Å². The van der Waals surface area contributed by atoms with Crippen molar-refractivity contribution in [2.45, 2.75) is 66.3 Å². The van der Waals surface area contributed by atoms with Crippen LogP contribution in [-0.4, -0.2) is 63.8 Å². The number of rotatable bonds is 6. The van der Waals surface area contributed by atoms with Gasteiger partial charge in [-0.1, -0.05) is 51.1 Å². The number of imidazole rings is 1. The minimum Gasteiger partial charge on any atom is -0.444 e. The molecule has 1 atom stereocenters. The summed E-state index contributed by atoms with van der Waals surface area (Å²) in [6, 6.07) is 8.56. The molecule has 0 bridgehead atoms. The van der Waals surface area contributed by atoms with Crippen molar-refractivity contribution in [3.63, 3.8) is 0 Å². The van der Waals surface area contributed by atoms with E-state index in [1.165, 1.54) is 0 Å². The molecule has 2 N–H and O–H groups in total. The molecule has 1 aliphatic heterocycles. The maximum atomic E-state index is 13.5. The zero-order chi connectivity index (χ0) is 26.7. The molecule has 3 rings (SSSR count). The molecule has 36 heavy (non-hydrogen) atoms. The number of aromatic nitrogens is 2. The average Bonchev–Trinajstić information content (AvgIpc) is 3.18. The van der Waals surface area contributed by atoms with Gasteiger partial charge in [-0.3, -0.25) is 9.59 Å². The largest absolute Gasteiger partial charge is 0.444 e. The Morgan fingerprint density at radius 1 is 1.08 bits per heavy atom. The minimum atomic E-state index is -0.917. The molecule has 9 nitrogen and oxygen atoms in total. The second kappa shape index (κ2) is 10.7. The third-order valence-corrected chi connectivity index (χ3v) is 5.70. The highest BCUT2D eigenvalue weighted by Gasteiger charge is 2.36. The number of hydrogen-bond donors (Lipinski definition) is 2. The van der Waals surface area contributed by atoms with Crippen LogP contribution in [0.5, 0.6) is 0 Å². The Morgan fingerprint density at radius 2 is 1.75 bits per heavy atom. The number of nitrogens with one attached hydrogen (secondary N) is 2. The van der Waals surface area contributed by atoms with Crippen molar-refractivity contribution in [2.75, 3.05) is 19.8 Å². The molecule has 1 aromatic carbocycles. The van der Waals surface area contributed by atoms with Gasteiger partial charge in [-0.05, 0) is 26.2 Å². The Bertz CT molecular complexity index is 1100. The second-order valence-corrected chi connectivity index (χ2v) is 10.9. The first kappa shape index (κ1) is 27.2. The second-order valence-electron chi connectivity index (χ2n) is 10.9. The molecule has 0 spiro atoms. The summed E-state index contributed by atoms with van der Waals surface area (Å²) in [6.07, 6.45) is -0.472. The van der Waals surface area contributed by atoms with E-state index in [-0.39, 0.29) is 18.8 Å². The van der Waals surface area contributed by atoms with Gasteiger partial charge in [0.1, 0.15) is 24.1 Å². The number of ether oxygens (including phenoxy) is 1. The molecular formula is C26H36FN5O4. The summed E-state index contributed by atoms with van der Waals surface area (Å²) in [6.45, 7) is 11.0. The maximum absolute atomic E-state index is 13.5. The average molecular weight is 502 g/mol. The van der Waals surface area contributed by atoms with Gasteiger partial charge in [-0.2, -0.15) is 0 Å². The van der Waals surface area contributed by atoms with E-state index in [1.807, 2.05) is 55.7 Å². The highest BCUT2D eigenvalue weighted by molar-refractivity contribution is 5.98. The van der Waals surface area contributed by atoms with Crippen LogP contribution in [0.2, 0.25) is 0 Å². The molecule has 2 heterocycles. The number of alkyl halides is 1. The molecule has 2 aromatic rings. The predicted octanol–water partition coefficient (Wildman–Crippen LogP) is 3.53. The molecule has 0 unspecified atom stereocenters. The van der Waals surface area contributed by atoms with Crippen LogP contribution < -0.4 is 10.6 Å². The lowest BCUT2D eigenvalue weighted by Gasteiger charge is -2.32. The van der Waals surface area contributed by atoms with Crippen molar-refractivity contribution in [3.8, 4) is 11.4 Å².